The van der Waals surface area contributed by atoms with Gasteiger partial charge in [-0.25, -0.2) is 8.78 Å². The molecule has 4 rings (SSSR count). The summed E-state index contributed by atoms with van der Waals surface area (Å²) in [4.78, 5) is 37.5. The molecule has 0 radical (unpaired) electrons. The maximum atomic E-state index is 14.0. The number of aryl methyl sites for hydroxylation is 1. The van der Waals surface area contributed by atoms with Crippen LogP contribution in [0.4, 0.5) is 8.78 Å². The zero-order chi connectivity index (χ0) is 21.6. The molecule has 1 aliphatic heterocycles. The fraction of sp³-hybridized carbons (Fsp3) is 0.381. The summed E-state index contributed by atoms with van der Waals surface area (Å²) >= 11 is 0. The standard InChI is InChI=1S/C21H21F2N3O4/c1-10-6-13(22)11(14(23)7-10)8-24-20(29)12-9-26-16-5-3-2-4-15(16)25-21(30)17(26)19(28)18(12)27/h6-7,9,15-16,28H,2-5,8H2,1H3,(H,24,29)(H,25,30)/t15-,16-/m1/s1. The van der Waals surface area contributed by atoms with Crippen LogP contribution in [0.2, 0.25) is 0 Å². The van der Waals surface area contributed by atoms with E-state index in [4.69, 9.17) is 0 Å². The number of halogens is 2. The van der Waals surface area contributed by atoms with Gasteiger partial charge in [0.2, 0.25) is 5.43 Å². The summed E-state index contributed by atoms with van der Waals surface area (Å²) in [5.41, 5.74) is -1.49. The Morgan fingerprint density at radius 3 is 2.60 bits per heavy atom. The van der Waals surface area contributed by atoms with Crippen LogP contribution < -0.4 is 16.1 Å². The summed E-state index contributed by atoms with van der Waals surface area (Å²) in [5.74, 6) is -3.87. The third-order valence-electron chi connectivity index (χ3n) is 5.78. The first kappa shape index (κ1) is 20.1. The Labute approximate surface area is 170 Å². The minimum absolute atomic E-state index is 0.146. The summed E-state index contributed by atoms with van der Waals surface area (Å²) in [6.45, 7) is 1.07. The molecule has 1 aromatic heterocycles. The quantitative estimate of drug-likeness (QED) is 0.713. The third-order valence-corrected chi connectivity index (χ3v) is 5.78. The van der Waals surface area contributed by atoms with E-state index < -0.39 is 41.2 Å². The molecule has 3 N–H and O–H groups in total. The highest BCUT2D eigenvalue weighted by molar-refractivity contribution is 5.99. The number of benzene rings is 1. The minimum Gasteiger partial charge on any atom is -0.503 e. The van der Waals surface area contributed by atoms with Crippen molar-refractivity contribution in [2.45, 2.75) is 51.2 Å². The molecule has 2 heterocycles. The number of aromatic hydroxyl groups is 1. The molecular formula is C21H21F2N3O4. The van der Waals surface area contributed by atoms with Crippen molar-refractivity contribution in [3.8, 4) is 5.75 Å². The second-order valence-electron chi connectivity index (χ2n) is 7.80. The van der Waals surface area contributed by atoms with Crippen LogP contribution in [0, 0.1) is 18.6 Å². The van der Waals surface area contributed by atoms with Gasteiger partial charge in [0, 0.05) is 24.3 Å². The first-order valence-corrected chi connectivity index (χ1v) is 9.79. The second-order valence-corrected chi connectivity index (χ2v) is 7.80. The number of nitrogens with one attached hydrogen (secondary N) is 2. The first-order valence-electron chi connectivity index (χ1n) is 9.79. The van der Waals surface area contributed by atoms with Gasteiger partial charge in [-0.05, 0) is 37.5 Å². The average Bonchev–Trinajstić information content (AvgIpc) is 2.69. The molecule has 158 valence electrons. The Balaban J connectivity index is 1.67. The Bertz CT molecular complexity index is 1090. The fourth-order valence-electron chi connectivity index (χ4n) is 4.28. The lowest BCUT2D eigenvalue weighted by molar-refractivity contribution is 0.0838. The fourth-order valence-corrected chi connectivity index (χ4v) is 4.28. The Morgan fingerprint density at radius 1 is 1.23 bits per heavy atom. The summed E-state index contributed by atoms with van der Waals surface area (Å²) in [5, 5.41) is 15.5. The van der Waals surface area contributed by atoms with Crippen LogP contribution in [0.1, 0.15) is 63.7 Å². The Hall–Kier alpha value is -3.23. The summed E-state index contributed by atoms with van der Waals surface area (Å²) < 4.78 is 29.5. The molecule has 2 aromatic rings. The Morgan fingerprint density at radius 2 is 1.90 bits per heavy atom. The van der Waals surface area contributed by atoms with E-state index in [-0.39, 0.29) is 28.9 Å². The van der Waals surface area contributed by atoms with Gasteiger partial charge in [0.1, 0.15) is 17.2 Å². The van der Waals surface area contributed by atoms with Crippen molar-refractivity contribution in [2.75, 3.05) is 0 Å². The smallest absolute Gasteiger partial charge is 0.272 e. The topological polar surface area (TPSA) is 100 Å². The summed E-state index contributed by atoms with van der Waals surface area (Å²) in [6.07, 6.45) is 4.61. The van der Waals surface area contributed by atoms with Crippen molar-refractivity contribution in [1.29, 1.82) is 0 Å². The summed E-state index contributed by atoms with van der Waals surface area (Å²) in [7, 11) is 0. The second kappa shape index (κ2) is 7.55. The number of carbonyl (C=O) groups is 2. The lowest BCUT2D eigenvalue weighted by Crippen LogP contribution is -2.50. The molecule has 0 saturated heterocycles. The molecule has 30 heavy (non-hydrogen) atoms. The monoisotopic (exact) mass is 417 g/mol. The predicted octanol–water partition coefficient (Wildman–Crippen LogP) is 2.30. The van der Waals surface area contributed by atoms with Crippen LogP contribution in [0.3, 0.4) is 0 Å². The zero-order valence-corrected chi connectivity index (χ0v) is 16.3. The molecule has 2 aliphatic rings. The molecular weight excluding hydrogens is 396 g/mol. The van der Waals surface area contributed by atoms with Crippen molar-refractivity contribution < 1.29 is 23.5 Å². The molecule has 1 aromatic carbocycles. The van der Waals surface area contributed by atoms with Crippen molar-refractivity contribution in [3.63, 3.8) is 0 Å². The van der Waals surface area contributed by atoms with Crippen molar-refractivity contribution in [3.05, 3.63) is 62.6 Å². The minimum atomic E-state index is -1.01. The molecule has 0 unspecified atom stereocenters. The lowest BCUT2D eigenvalue weighted by atomic mass is 9.87. The number of hydrogen-bond acceptors (Lipinski definition) is 4. The van der Waals surface area contributed by atoms with Crippen LogP contribution >= 0.6 is 0 Å². The van der Waals surface area contributed by atoms with Crippen molar-refractivity contribution in [2.24, 2.45) is 0 Å². The molecule has 1 aliphatic carbocycles. The van der Waals surface area contributed by atoms with Gasteiger partial charge in [-0.15, -0.1) is 0 Å². The van der Waals surface area contributed by atoms with E-state index in [2.05, 4.69) is 10.6 Å². The highest BCUT2D eigenvalue weighted by atomic mass is 19.1. The van der Waals surface area contributed by atoms with Crippen LogP contribution in [0.15, 0.2) is 23.1 Å². The highest BCUT2D eigenvalue weighted by Crippen LogP contribution is 2.34. The normalized spacial score (nSPS) is 20.2. The maximum Gasteiger partial charge on any atom is 0.272 e. The largest absolute Gasteiger partial charge is 0.503 e. The van der Waals surface area contributed by atoms with E-state index in [9.17, 15) is 28.3 Å². The molecule has 1 saturated carbocycles. The van der Waals surface area contributed by atoms with E-state index in [0.29, 0.717) is 5.56 Å². The van der Waals surface area contributed by atoms with Crippen molar-refractivity contribution in [1.82, 2.24) is 15.2 Å². The van der Waals surface area contributed by atoms with Gasteiger partial charge in [-0.2, -0.15) is 0 Å². The van der Waals surface area contributed by atoms with Crippen LogP contribution in [-0.2, 0) is 6.54 Å². The Kier molecular flexibility index (Phi) is 5.05. The molecule has 1 fully saturated rings. The number of fused-ring (bicyclic) bond motifs is 3. The van der Waals surface area contributed by atoms with E-state index in [1.807, 2.05) is 0 Å². The number of nitrogens with zero attached hydrogens (tertiary/aromatic N) is 1. The predicted molar refractivity (Wildman–Crippen MR) is 103 cm³/mol. The van der Waals surface area contributed by atoms with Gasteiger partial charge >= 0.3 is 0 Å². The van der Waals surface area contributed by atoms with E-state index >= 15 is 0 Å². The van der Waals surface area contributed by atoms with E-state index in [1.54, 1.807) is 6.92 Å². The molecule has 9 heteroatoms. The van der Waals surface area contributed by atoms with E-state index in [0.717, 1.165) is 37.8 Å². The van der Waals surface area contributed by atoms with Crippen LogP contribution in [-0.4, -0.2) is 27.5 Å². The first-order chi connectivity index (χ1) is 14.3. The molecule has 2 atom stereocenters. The lowest BCUT2D eigenvalue weighted by Gasteiger charge is -2.39. The molecule has 0 spiro atoms. The summed E-state index contributed by atoms with van der Waals surface area (Å²) in [6, 6.07) is 1.96. The SMILES string of the molecule is Cc1cc(F)c(CNC(=O)c2cn3c(c(O)c2=O)C(=O)N[C@@H]2CCCC[C@H]23)c(F)c1. The van der Waals surface area contributed by atoms with Gasteiger partial charge in [0.25, 0.3) is 11.8 Å². The average molecular weight is 417 g/mol. The number of aromatic nitrogens is 1. The zero-order valence-electron chi connectivity index (χ0n) is 16.3. The number of rotatable bonds is 3. The van der Waals surface area contributed by atoms with Crippen molar-refractivity contribution >= 4 is 11.8 Å². The van der Waals surface area contributed by atoms with Gasteiger partial charge < -0.3 is 20.3 Å². The number of carbonyl (C=O) groups excluding carboxylic acids is 2. The maximum absolute atomic E-state index is 14.0. The molecule has 2 amide bonds. The van der Waals surface area contributed by atoms with Gasteiger partial charge in [-0.1, -0.05) is 12.8 Å². The number of amides is 2. The van der Waals surface area contributed by atoms with Crippen LogP contribution in [0.5, 0.6) is 5.75 Å². The highest BCUT2D eigenvalue weighted by Gasteiger charge is 2.37. The van der Waals surface area contributed by atoms with Gasteiger partial charge in [0.15, 0.2) is 11.4 Å². The number of hydrogen-bond donors (Lipinski definition) is 3. The molecule has 0 bridgehead atoms. The van der Waals surface area contributed by atoms with Gasteiger partial charge in [-0.3, -0.25) is 14.4 Å². The van der Waals surface area contributed by atoms with Crippen LogP contribution in [0.25, 0.3) is 0 Å². The molecule has 7 nitrogen and oxygen atoms in total. The number of pyridine rings is 1. The van der Waals surface area contributed by atoms with Gasteiger partial charge in [0.05, 0.1) is 6.04 Å². The van der Waals surface area contributed by atoms with E-state index in [1.165, 1.54) is 10.8 Å². The third kappa shape index (κ3) is 3.34.